The Kier molecular flexibility index (Phi) is 1.20. The molecule has 8 bridgehead atoms. The molecule has 18 heavy (non-hydrogen) atoms. The number of ketones is 2. The van der Waals surface area contributed by atoms with Gasteiger partial charge in [-0.3, -0.25) is 9.59 Å². The van der Waals surface area contributed by atoms with Crippen molar-refractivity contribution in [2.24, 2.45) is 47.3 Å². The Balaban J connectivity index is 1.60. The Bertz CT molecular complexity index is 522. The number of rotatable bonds is 0. The molecule has 8 atom stereocenters. The van der Waals surface area contributed by atoms with Gasteiger partial charge in [0.25, 0.3) is 0 Å². The van der Waals surface area contributed by atoms with Crippen molar-refractivity contribution in [3.8, 4) is 0 Å². The lowest BCUT2D eigenvalue weighted by atomic mass is 9.83. The van der Waals surface area contributed by atoms with E-state index in [4.69, 9.17) is 0 Å². The van der Waals surface area contributed by atoms with Crippen LogP contribution in [0, 0.1) is 47.3 Å². The average Bonchev–Trinajstić information content (AvgIpc) is 3.13. The van der Waals surface area contributed by atoms with E-state index >= 15 is 0 Å². The van der Waals surface area contributed by atoms with E-state index in [1.807, 2.05) is 0 Å². The molecule has 0 spiro atoms. The first-order valence-corrected chi connectivity index (χ1v) is 7.57. The molecule has 0 aliphatic heterocycles. The summed E-state index contributed by atoms with van der Waals surface area (Å²) in [5.41, 5.74) is 3.05. The third-order valence-corrected chi connectivity index (χ3v) is 7.29. The van der Waals surface area contributed by atoms with Gasteiger partial charge >= 0.3 is 0 Å². The van der Waals surface area contributed by atoms with Crippen LogP contribution in [0.5, 0.6) is 0 Å². The standard InChI is InChI=1S/C16H16O2/c17-15-9-3-5-1-7(9)13(11(5)15)14-8-2-6-4-10(8)16(18)12(6)14/h5-12H,1-4H2/b14-13-/t5-,6+,7+,8-,9-,10+,11+,12-. The van der Waals surface area contributed by atoms with Gasteiger partial charge in [0, 0.05) is 23.7 Å². The van der Waals surface area contributed by atoms with E-state index in [1.54, 1.807) is 0 Å². The molecule has 0 saturated heterocycles. The van der Waals surface area contributed by atoms with Crippen LogP contribution in [0.15, 0.2) is 11.1 Å². The Hall–Kier alpha value is -0.920. The minimum absolute atomic E-state index is 0.281. The minimum atomic E-state index is 0.281. The fourth-order valence-electron chi connectivity index (χ4n) is 7.00. The molecule has 8 saturated carbocycles. The SMILES string of the molecule is O=C1[C@@H]2/C(=C3/[C@@H]4C[C@H]5C[C@@H]4C(=O)[C@@H]35)[C@H]3C[C@@H]2C[C@@H]13. The zero-order chi connectivity index (χ0) is 11.8. The van der Waals surface area contributed by atoms with Gasteiger partial charge in [0.05, 0.1) is 0 Å². The summed E-state index contributed by atoms with van der Waals surface area (Å²) in [4.78, 5) is 24.5. The summed E-state index contributed by atoms with van der Waals surface area (Å²) in [6.07, 6.45) is 4.87. The van der Waals surface area contributed by atoms with Crippen molar-refractivity contribution in [1.29, 1.82) is 0 Å². The van der Waals surface area contributed by atoms with Crippen molar-refractivity contribution in [2.45, 2.75) is 25.7 Å². The van der Waals surface area contributed by atoms with E-state index in [0.29, 0.717) is 47.1 Å². The molecule has 2 nitrogen and oxygen atoms in total. The van der Waals surface area contributed by atoms with Crippen molar-refractivity contribution in [3.63, 3.8) is 0 Å². The Morgan fingerprint density at radius 1 is 0.611 bits per heavy atom. The van der Waals surface area contributed by atoms with Gasteiger partial charge < -0.3 is 0 Å². The molecule has 0 radical (unpaired) electrons. The molecule has 0 amide bonds. The highest BCUT2D eigenvalue weighted by Gasteiger charge is 2.69. The molecule has 0 aromatic heterocycles. The molecule has 0 unspecified atom stereocenters. The number of Topliss-reactive ketones (excluding diaryl/α,β-unsaturated/α-hetero) is 2. The summed E-state index contributed by atoms with van der Waals surface area (Å²) in [7, 11) is 0. The van der Waals surface area contributed by atoms with Crippen LogP contribution in [0.3, 0.4) is 0 Å². The van der Waals surface area contributed by atoms with E-state index in [-0.39, 0.29) is 11.8 Å². The van der Waals surface area contributed by atoms with E-state index in [2.05, 4.69) is 0 Å². The first-order valence-electron chi connectivity index (χ1n) is 7.57. The van der Waals surface area contributed by atoms with Crippen LogP contribution in [-0.2, 0) is 9.59 Å². The molecule has 0 aromatic rings. The van der Waals surface area contributed by atoms with E-state index < -0.39 is 0 Å². The second-order valence-corrected chi connectivity index (χ2v) is 7.56. The fraction of sp³-hybridized carbons (Fsp3) is 0.750. The molecule has 8 fully saturated rings. The Labute approximate surface area is 106 Å². The zero-order valence-electron chi connectivity index (χ0n) is 10.3. The lowest BCUT2D eigenvalue weighted by Gasteiger charge is -2.20. The largest absolute Gasteiger partial charge is 0.299 e. The van der Waals surface area contributed by atoms with Crippen LogP contribution in [0.25, 0.3) is 0 Å². The molecule has 0 aromatic carbocycles. The quantitative estimate of drug-likeness (QED) is 0.607. The monoisotopic (exact) mass is 240 g/mol. The molecule has 8 aliphatic rings. The second kappa shape index (κ2) is 2.39. The lowest BCUT2D eigenvalue weighted by Crippen LogP contribution is -2.14. The summed E-state index contributed by atoms with van der Waals surface area (Å²) in [6, 6.07) is 0. The van der Waals surface area contributed by atoms with Gasteiger partial charge in [0.15, 0.2) is 0 Å². The summed E-state index contributed by atoms with van der Waals surface area (Å²) in [5.74, 6) is 4.89. The van der Waals surface area contributed by atoms with Crippen LogP contribution in [0.2, 0.25) is 0 Å². The highest BCUT2D eigenvalue weighted by atomic mass is 16.1. The predicted molar refractivity (Wildman–Crippen MR) is 63.4 cm³/mol. The van der Waals surface area contributed by atoms with Crippen molar-refractivity contribution >= 4 is 11.6 Å². The summed E-state index contributed by atoms with van der Waals surface area (Å²) < 4.78 is 0. The average molecular weight is 240 g/mol. The molecule has 8 aliphatic carbocycles. The fourth-order valence-corrected chi connectivity index (χ4v) is 7.00. The topological polar surface area (TPSA) is 34.1 Å². The van der Waals surface area contributed by atoms with Crippen LogP contribution in [0.4, 0.5) is 0 Å². The number of hydrogen-bond donors (Lipinski definition) is 0. The smallest absolute Gasteiger partial charge is 0.143 e. The van der Waals surface area contributed by atoms with Crippen molar-refractivity contribution in [2.75, 3.05) is 0 Å². The van der Waals surface area contributed by atoms with Gasteiger partial charge in [-0.2, -0.15) is 0 Å². The van der Waals surface area contributed by atoms with Gasteiger partial charge in [-0.1, -0.05) is 11.1 Å². The molecule has 0 N–H and O–H groups in total. The van der Waals surface area contributed by atoms with Crippen molar-refractivity contribution in [3.05, 3.63) is 11.1 Å². The Morgan fingerprint density at radius 3 is 1.28 bits per heavy atom. The van der Waals surface area contributed by atoms with E-state index in [0.717, 1.165) is 0 Å². The van der Waals surface area contributed by atoms with E-state index in [9.17, 15) is 9.59 Å². The minimum Gasteiger partial charge on any atom is -0.299 e. The van der Waals surface area contributed by atoms with Gasteiger partial charge in [0.2, 0.25) is 0 Å². The van der Waals surface area contributed by atoms with Crippen molar-refractivity contribution in [1.82, 2.24) is 0 Å². The summed E-state index contributed by atoms with van der Waals surface area (Å²) in [6.45, 7) is 0. The van der Waals surface area contributed by atoms with Gasteiger partial charge in [-0.05, 0) is 49.4 Å². The third kappa shape index (κ3) is 0.664. The maximum Gasteiger partial charge on any atom is 0.143 e. The predicted octanol–water partition coefficient (Wildman–Crippen LogP) is 1.99. The maximum absolute atomic E-state index is 12.3. The lowest BCUT2D eigenvalue weighted by molar-refractivity contribution is -0.123. The molecule has 8 rings (SSSR count). The third-order valence-electron chi connectivity index (χ3n) is 7.29. The molecule has 92 valence electrons. The molecular weight excluding hydrogens is 224 g/mol. The van der Waals surface area contributed by atoms with Crippen LogP contribution in [0.1, 0.15) is 25.7 Å². The van der Waals surface area contributed by atoms with Crippen LogP contribution in [-0.4, -0.2) is 11.6 Å². The van der Waals surface area contributed by atoms with Crippen LogP contribution >= 0.6 is 0 Å². The molecule has 0 heterocycles. The second-order valence-electron chi connectivity index (χ2n) is 7.56. The number of carbonyl (C=O) groups is 2. The van der Waals surface area contributed by atoms with Gasteiger partial charge in [-0.25, -0.2) is 0 Å². The highest BCUT2D eigenvalue weighted by Crippen LogP contribution is 2.71. The molecular formula is C16H16O2. The number of carbonyl (C=O) groups excluding carboxylic acids is 2. The van der Waals surface area contributed by atoms with E-state index in [1.165, 1.54) is 36.8 Å². The summed E-state index contributed by atoms with van der Waals surface area (Å²) >= 11 is 0. The first-order chi connectivity index (χ1) is 8.75. The number of allylic oxidation sites excluding steroid dienone is 2. The van der Waals surface area contributed by atoms with Gasteiger partial charge in [-0.15, -0.1) is 0 Å². The van der Waals surface area contributed by atoms with Crippen LogP contribution < -0.4 is 0 Å². The van der Waals surface area contributed by atoms with Crippen molar-refractivity contribution < 1.29 is 9.59 Å². The summed E-state index contributed by atoms with van der Waals surface area (Å²) in [5, 5.41) is 0. The maximum atomic E-state index is 12.3. The zero-order valence-corrected chi connectivity index (χ0v) is 10.3. The Morgan fingerprint density at radius 2 is 1.00 bits per heavy atom. The highest BCUT2D eigenvalue weighted by molar-refractivity contribution is 5.98. The normalized spacial score (nSPS) is 65.6. The first kappa shape index (κ1) is 9.06. The number of hydrogen-bond acceptors (Lipinski definition) is 2. The molecule has 2 heteroatoms. The van der Waals surface area contributed by atoms with Gasteiger partial charge in [0.1, 0.15) is 11.6 Å².